The fraction of sp³-hybridized carbons (Fsp3) is 0.250. The van der Waals surface area contributed by atoms with Gasteiger partial charge in [0.1, 0.15) is 0 Å². The second-order valence-corrected chi connectivity index (χ2v) is 8.00. The average molecular weight is 449 g/mol. The fourth-order valence-corrected chi connectivity index (χ4v) is 3.45. The first-order valence-corrected chi connectivity index (χ1v) is 10.9. The molecular formula is C20H24N4O6S. The number of nitrogens with one attached hydrogen (secondary N) is 4. The topological polar surface area (TPSA) is 143 Å². The van der Waals surface area contributed by atoms with Crippen LogP contribution in [0.5, 0.6) is 0 Å². The van der Waals surface area contributed by atoms with E-state index in [-0.39, 0.29) is 36.6 Å². The molecule has 0 fully saturated rings. The maximum atomic E-state index is 12.5. The molecule has 0 saturated carbocycles. The Balaban J connectivity index is 1.88. The van der Waals surface area contributed by atoms with E-state index in [1.165, 1.54) is 24.3 Å². The second kappa shape index (κ2) is 11.7. The highest BCUT2D eigenvalue weighted by molar-refractivity contribution is 7.89. The molecule has 0 spiro atoms. The average Bonchev–Trinajstić information content (AvgIpc) is 2.77. The first-order chi connectivity index (χ1) is 14.8. The number of benzene rings is 2. The third-order valence-corrected chi connectivity index (χ3v) is 5.33. The maximum Gasteiger partial charge on any atom is 0.407 e. The Morgan fingerprint density at radius 2 is 1.71 bits per heavy atom. The molecule has 166 valence electrons. The van der Waals surface area contributed by atoms with Crippen LogP contribution < -0.4 is 20.9 Å². The number of carbonyl (C=O) groups is 3. The minimum atomic E-state index is -3.84. The van der Waals surface area contributed by atoms with E-state index in [0.29, 0.717) is 0 Å². The van der Waals surface area contributed by atoms with Gasteiger partial charge in [0.25, 0.3) is 5.91 Å². The molecule has 2 rings (SSSR count). The van der Waals surface area contributed by atoms with Crippen LogP contribution in [0.3, 0.4) is 0 Å². The third-order valence-electron chi connectivity index (χ3n) is 3.93. The highest BCUT2D eigenvalue weighted by atomic mass is 32.2. The van der Waals surface area contributed by atoms with Crippen LogP contribution in [0, 0.1) is 0 Å². The monoisotopic (exact) mass is 448 g/mol. The molecule has 0 aliphatic rings. The van der Waals surface area contributed by atoms with Gasteiger partial charge in [-0.15, -0.1) is 0 Å². The smallest absolute Gasteiger partial charge is 0.407 e. The van der Waals surface area contributed by atoms with Gasteiger partial charge in [-0.05, 0) is 30.7 Å². The molecule has 4 N–H and O–H groups in total. The normalized spacial score (nSPS) is 10.7. The zero-order chi connectivity index (χ0) is 22.7. The summed E-state index contributed by atoms with van der Waals surface area (Å²) in [5.41, 5.74) is 5.24. The summed E-state index contributed by atoms with van der Waals surface area (Å²) in [6, 6.07) is 14.4. The largest absolute Gasteiger partial charge is 0.450 e. The molecule has 0 unspecified atom stereocenters. The summed E-state index contributed by atoms with van der Waals surface area (Å²) >= 11 is 0. The van der Waals surface area contributed by atoms with E-state index in [2.05, 4.69) is 25.6 Å². The summed E-state index contributed by atoms with van der Waals surface area (Å²) < 4.78 is 32.1. The van der Waals surface area contributed by atoms with Crippen molar-refractivity contribution in [3.05, 3.63) is 65.7 Å². The second-order valence-electron chi connectivity index (χ2n) is 6.24. The van der Waals surface area contributed by atoms with E-state index < -0.39 is 27.9 Å². The van der Waals surface area contributed by atoms with E-state index >= 15 is 0 Å². The van der Waals surface area contributed by atoms with Crippen molar-refractivity contribution in [1.82, 2.24) is 20.9 Å². The van der Waals surface area contributed by atoms with Gasteiger partial charge in [0.15, 0.2) is 0 Å². The number of hydrogen-bond donors (Lipinski definition) is 4. The first-order valence-electron chi connectivity index (χ1n) is 9.45. The molecule has 0 radical (unpaired) electrons. The Labute approximate surface area is 180 Å². The van der Waals surface area contributed by atoms with Crippen molar-refractivity contribution in [3.63, 3.8) is 0 Å². The van der Waals surface area contributed by atoms with E-state index in [9.17, 15) is 22.8 Å². The van der Waals surface area contributed by atoms with Crippen molar-refractivity contribution in [2.75, 3.05) is 13.2 Å². The van der Waals surface area contributed by atoms with Crippen LogP contribution in [0.4, 0.5) is 4.79 Å². The molecular weight excluding hydrogens is 424 g/mol. The van der Waals surface area contributed by atoms with Gasteiger partial charge in [0.05, 0.1) is 11.5 Å². The lowest BCUT2D eigenvalue weighted by Gasteiger charge is -2.10. The molecule has 0 heterocycles. The van der Waals surface area contributed by atoms with Gasteiger partial charge in [-0.2, -0.15) is 0 Å². The highest BCUT2D eigenvalue weighted by Crippen LogP contribution is 2.12. The summed E-state index contributed by atoms with van der Waals surface area (Å²) in [6.07, 6.45) is -0.727. The number of hydrazine groups is 1. The number of sulfonamides is 1. The van der Waals surface area contributed by atoms with Crippen LogP contribution >= 0.6 is 0 Å². The molecule has 0 saturated heterocycles. The molecule has 31 heavy (non-hydrogen) atoms. The van der Waals surface area contributed by atoms with Crippen molar-refractivity contribution >= 4 is 27.9 Å². The number of amides is 3. The lowest BCUT2D eigenvalue weighted by molar-refractivity contribution is -0.121. The Kier molecular flexibility index (Phi) is 8.97. The molecule has 0 aliphatic carbocycles. The van der Waals surface area contributed by atoms with Gasteiger partial charge in [-0.3, -0.25) is 20.4 Å². The predicted molar refractivity (Wildman–Crippen MR) is 112 cm³/mol. The standard InChI is InChI=1S/C20H24N4O6S/c1-2-30-20(27)21-12-11-18(25)23-24-19(26)16-9-6-10-17(13-16)31(28,29)22-14-15-7-4-3-5-8-15/h3-10,13,22H,2,11-12,14H2,1H3,(H,21,27)(H,23,25)(H,24,26). The van der Waals surface area contributed by atoms with Gasteiger partial charge in [0.2, 0.25) is 15.9 Å². The zero-order valence-electron chi connectivity index (χ0n) is 16.9. The summed E-state index contributed by atoms with van der Waals surface area (Å²) in [5.74, 6) is -1.23. The van der Waals surface area contributed by atoms with Crippen LogP contribution in [0.2, 0.25) is 0 Å². The predicted octanol–water partition coefficient (Wildman–Crippen LogP) is 1.06. The number of hydrogen-bond acceptors (Lipinski definition) is 6. The van der Waals surface area contributed by atoms with E-state index in [1.807, 2.05) is 6.07 Å². The molecule has 2 aromatic carbocycles. The number of rotatable bonds is 9. The van der Waals surface area contributed by atoms with Crippen LogP contribution in [0.25, 0.3) is 0 Å². The van der Waals surface area contributed by atoms with Crippen molar-refractivity contribution in [2.45, 2.75) is 24.8 Å². The van der Waals surface area contributed by atoms with Crippen molar-refractivity contribution in [2.24, 2.45) is 0 Å². The minimum Gasteiger partial charge on any atom is -0.450 e. The molecule has 0 aliphatic heterocycles. The summed E-state index contributed by atoms with van der Waals surface area (Å²) in [7, 11) is -3.84. The lowest BCUT2D eigenvalue weighted by atomic mass is 10.2. The molecule has 2 aromatic rings. The lowest BCUT2D eigenvalue weighted by Crippen LogP contribution is -2.42. The highest BCUT2D eigenvalue weighted by Gasteiger charge is 2.16. The van der Waals surface area contributed by atoms with Gasteiger partial charge in [-0.1, -0.05) is 36.4 Å². The number of ether oxygens (including phenoxy) is 1. The summed E-state index contributed by atoms with van der Waals surface area (Å²) in [4.78, 5) is 35.0. The minimum absolute atomic E-state index is 0.0291. The van der Waals surface area contributed by atoms with Crippen LogP contribution in [0.15, 0.2) is 59.5 Å². The Hall–Kier alpha value is -3.44. The molecule has 11 heteroatoms. The van der Waals surface area contributed by atoms with Crippen molar-refractivity contribution < 1.29 is 27.5 Å². The Morgan fingerprint density at radius 1 is 0.968 bits per heavy atom. The SMILES string of the molecule is CCOC(=O)NCCC(=O)NNC(=O)c1cccc(S(=O)(=O)NCc2ccccc2)c1. The molecule has 0 bridgehead atoms. The van der Waals surface area contributed by atoms with Gasteiger partial charge in [0, 0.05) is 25.1 Å². The third kappa shape index (κ3) is 8.07. The number of carbonyl (C=O) groups excluding carboxylic acids is 3. The van der Waals surface area contributed by atoms with Crippen molar-refractivity contribution in [3.8, 4) is 0 Å². The van der Waals surface area contributed by atoms with Crippen LogP contribution in [-0.4, -0.2) is 39.5 Å². The summed E-state index contributed by atoms with van der Waals surface area (Å²) in [5, 5.41) is 2.37. The molecule has 3 amide bonds. The fourth-order valence-electron chi connectivity index (χ4n) is 2.38. The molecule has 10 nitrogen and oxygen atoms in total. The Morgan fingerprint density at radius 3 is 2.42 bits per heavy atom. The molecule has 0 aromatic heterocycles. The van der Waals surface area contributed by atoms with Gasteiger partial charge < -0.3 is 10.1 Å². The van der Waals surface area contributed by atoms with E-state index in [4.69, 9.17) is 0 Å². The van der Waals surface area contributed by atoms with Crippen LogP contribution in [0.1, 0.15) is 29.3 Å². The maximum absolute atomic E-state index is 12.5. The van der Waals surface area contributed by atoms with E-state index in [0.717, 1.165) is 5.56 Å². The van der Waals surface area contributed by atoms with Crippen molar-refractivity contribution in [1.29, 1.82) is 0 Å². The number of alkyl carbamates (subject to hydrolysis) is 1. The Bertz CT molecular complexity index is 1010. The zero-order valence-corrected chi connectivity index (χ0v) is 17.7. The van der Waals surface area contributed by atoms with E-state index in [1.54, 1.807) is 31.2 Å². The van der Waals surface area contributed by atoms with Crippen LogP contribution in [-0.2, 0) is 26.1 Å². The molecule has 0 atom stereocenters. The summed E-state index contributed by atoms with van der Waals surface area (Å²) in [6.45, 7) is 2.00. The van der Waals surface area contributed by atoms with Gasteiger partial charge in [-0.25, -0.2) is 17.9 Å². The van der Waals surface area contributed by atoms with Gasteiger partial charge >= 0.3 is 6.09 Å². The first kappa shape index (κ1) is 23.8. The quantitative estimate of drug-likeness (QED) is 0.423.